The number of amides is 1. The van der Waals surface area contributed by atoms with Gasteiger partial charge in [0, 0.05) is 23.2 Å². The molecule has 1 fully saturated rings. The standard InChI is InChI=1S/C20H20N2O3/c1-12-16(18(23)25-2)17(13-8-4-3-5-9-13)22-20(12)14-10-6-7-11-15(14)21-19(20)24/h3-12,16-17,22H,1-2H3,(H,21,24)/t12-,16-,17-,20-/m0/s1. The number of rotatable bonds is 2. The van der Waals surface area contributed by atoms with Gasteiger partial charge in [0.15, 0.2) is 0 Å². The Morgan fingerprint density at radius 1 is 1.08 bits per heavy atom. The highest BCUT2D eigenvalue weighted by atomic mass is 16.5. The van der Waals surface area contributed by atoms with Crippen LogP contribution in [0.4, 0.5) is 5.69 Å². The number of esters is 1. The van der Waals surface area contributed by atoms with Crippen LogP contribution in [-0.4, -0.2) is 19.0 Å². The zero-order chi connectivity index (χ0) is 17.6. The molecule has 2 heterocycles. The first-order valence-electron chi connectivity index (χ1n) is 8.41. The predicted octanol–water partition coefficient (Wildman–Crippen LogP) is 2.60. The Morgan fingerprint density at radius 2 is 1.76 bits per heavy atom. The minimum absolute atomic E-state index is 0.117. The number of nitrogens with one attached hydrogen (secondary N) is 2. The van der Waals surface area contributed by atoms with Gasteiger partial charge in [0.1, 0.15) is 5.54 Å². The average molecular weight is 336 g/mol. The SMILES string of the molecule is COC(=O)[C@@H]1[C@H](c2ccccc2)N[C@@]2(C(=O)Nc3ccccc32)[C@H]1C. The van der Waals surface area contributed by atoms with Crippen LogP contribution in [0.15, 0.2) is 54.6 Å². The van der Waals surface area contributed by atoms with Crippen molar-refractivity contribution in [3.8, 4) is 0 Å². The van der Waals surface area contributed by atoms with Crippen molar-refractivity contribution in [3.63, 3.8) is 0 Å². The fourth-order valence-corrected chi connectivity index (χ4v) is 4.33. The highest BCUT2D eigenvalue weighted by Gasteiger charge is 2.62. The smallest absolute Gasteiger partial charge is 0.310 e. The fourth-order valence-electron chi connectivity index (χ4n) is 4.33. The van der Waals surface area contributed by atoms with Crippen LogP contribution in [-0.2, 0) is 19.9 Å². The number of carbonyl (C=O) groups is 2. The number of hydrogen-bond donors (Lipinski definition) is 2. The van der Waals surface area contributed by atoms with Gasteiger partial charge in [-0.25, -0.2) is 0 Å². The molecule has 2 aromatic carbocycles. The van der Waals surface area contributed by atoms with Gasteiger partial charge in [0.2, 0.25) is 5.91 Å². The molecular formula is C20H20N2O3. The maximum atomic E-state index is 13.0. The number of ether oxygens (including phenoxy) is 1. The van der Waals surface area contributed by atoms with Crippen molar-refractivity contribution in [2.24, 2.45) is 11.8 Å². The molecule has 2 aliphatic rings. The first-order valence-corrected chi connectivity index (χ1v) is 8.41. The summed E-state index contributed by atoms with van der Waals surface area (Å²) in [6.45, 7) is 1.94. The molecule has 2 N–H and O–H groups in total. The second-order valence-corrected chi connectivity index (χ2v) is 6.68. The quantitative estimate of drug-likeness (QED) is 0.827. The van der Waals surface area contributed by atoms with E-state index in [1.165, 1.54) is 7.11 Å². The first-order chi connectivity index (χ1) is 12.1. The molecule has 5 heteroatoms. The lowest BCUT2D eigenvalue weighted by molar-refractivity contribution is -0.147. The van der Waals surface area contributed by atoms with Crippen LogP contribution in [0.2, 0.25) is 0 Å². The topological polar surface area (TPSA) is 67.4 Å². The molecule has 0 aliphatic carbocycles. The van der Waals surface area contributed by atoms with Crippen LogP contribution in [0.1, 0.15) is 24.1 Å². The number of para-hydroxylation sites is 1. The van der Waals surface area contributed by atoms with E-state index in [1.807, 2.05) is 61.5 Å². The Labute approximate surface area is 146 Å². The lowest BCUT2D eigenvalue weighted by Crippen LogP contribution is -2.47. The minimum atomic E-state index is -0.935. The molecule has 0 saturated carbocycles. The van der Waals surface area contributed by atoms with Crippen molar-refractivity contribution in [3.05, 3.63) is 65.7 Å². The van der Waals surface area contributed by atoms with Gasteiger partial charge in [0.25, 0.3) is 0 Å². The van der Waals surface area contributed by atoms with E-state index in [0.29, 0.717) is 0 Å². The molecule has 2 aromatic rings. The summed E-state index contributed by atoms with van der Waals surface area (Å²) in [5.41, 5.74) is 1.72. The van der Waals surface area contributed by atoms with E-state index in [-0.39, 0.29) is 23.8 Å². The maximum Gasteiger partial charge on any atom is 0.310 e. The Morgan fingerprint density at radius 3 is 2.48 bits per heavy atom. The third kappa shape index (κ3) is 2.12. The van der Waals surface area contributed by atoms with E-state index < -0.39 is 11.5 Å². The second-order valence-electron chi connectivity index (χ2n) is 6.68. The third-order valence-corrected chi connectivity index (χ3v) is 5.55. The van der Waals surface area contributed by atoms with E-state index in [9.17, 15) is 9.59 Å². The van der Waals surface area contributed by atoms with E-state index in [2.05, 4.69) is 10.6 Å². The maximum absolute atomic E-state index is 13.0. The molecule has 4 rings (SSSR count). The fraction of sp³-hybridized carbons (Fsp3) is 0.300. The summed E-state index contributed by atoms with van der Waals surface area (Å²) in [6.07, 6.45) is 0. The Kier molecular flexibility index (Phi) is 3.62. The number of anilines is 1. The second kappa shape index (κ2) is 5.70. The van der Waals surface area contributed by atoms with E-state index in [1.54, 1.807) is 0 Å². The van der Waals surface area contributed by atoms with Crippen molar-refractivity contribution in [2.45, 2.75) is 18.5 Å². The molecule has 1 spiro atoms. The Hall–Kier alpha value is -2.66. The summed E-state index contributed by atoms with van der Waals surface area (Å²) in [7, 11) is 1.39. The predicted molar refractivity (Wildman–Crippen MR) is 93.7 cm³/mol. The summed E-state index contributed by atoms with van der Waals surface area (Å²) >= 11 is 0. The zero-order valence-electron chi connectivity index (χ0n) is 14.2. The van der Waals surface area contributed by atoms with E-state index in [0.717, 1.165) is 16.8 Å². The van der Waals surface area contributed by atoms with Gasteiger partial charge in [-0.2, -0.15) is 0 Å². The lowest BCUT2D eigenvalue weighted by atomic mass is 9.76. The summed E-state index contributed by atoms with van der Waals surface area (Å²) in [5.74, 6) is -1.13. The van der Waals surface area contributed by atoms with Gasteiger partial charge in [-0.05, 0) is 11.6 Å². The molecule has 0 aromatic heterocycles. The number of carbonyl (C=O) groups excluding carboxylic acids is 2. The van der Waals surface area contributed by atoms with Crippen molar-refractivity contribution in [2.75, 3.05) is 12.4 Å². The highest BCUT2D eigenvalue weighted by Crippen LogP contribution is 2.52. The normalized spacial score (nSPS) is 30.2. The van der Waals surface area contributed by atoms with Gasteiger partial charge >= 0.3 is 5.97 Å². The summed E-state index contributed by atoms with van der Waals surface area (Å²) in [4.78, 5) is 25.5. The number of hydrogen-bond acceptors (Lipinski definition) is 4. The molecule has 1 amide bonds. The largest absolute Gasteiger partial charge is 0.469 e. The molecular weight excluding hydrogens is 316 g/mol. The molecule has 0 bridgehead atoms. The zero-order valence-corrected chi connectivity index (χ0v) is 14.2. The number of fused-ring (bicyclic) bond motifs is 2. The van der Waals surface area contributed by atoms with Gasteiger partial charge in [0.05, 0.1) is 13.0 Å². The summed E-state index contributed by atoms with van der Waals surface area (Å²) in [5, 5.41) is 6.45. The Balaban J connectivity index is 1.87. The highest BCUT2D eigenvalue weighted by molar-refractivity contribution is 6.07. The van der Waals surface area contributed by atoms with Crippen molar-refractivity contribution in [1.29, 1.82) is 0 Å². The van der Waals surface area contributed by atoms with Crippen LogP contribution in [0.25, 0.3) is 0 Å². The summed E-state index contributed by atoms with van der Waals surface area (Å²) in [6, 6.07) is 17.1. The van der Waals surface area contributed by atoms with Crippen molar-refractivity contribution in [1.82, 2.24) is 5.32 Å². The summed E-state index contributed by atoms with van der Waals surface area (Å²) < 4.78 is 5.07. The minimum Gasteiger partial charge on any atom is -0.469 e. The molecule has 128 valence electrons. The number of methoxy groups -OCH3 is 1. The third-order valence-electron chi connectivity index (χ3n) is 5.55. The molecule has 2 aliphatic heterocycles. The monoisotopic (exact) mass is 336 g/mol. The van der Waals surface area contributed by atoms with Crippen LogP contribution in [0.5, 0.6) is 0 Å². The van der Waals surface area contributed by atoms with Crippen LogP contribution >= 0.6 is 0 Å². The van der Waals surface area contributed by atoms with Crippen LogP contribution in [0, 0.1) is 11.8 Å². The van der Waals surface area contributed by atoms with Gasteiger partial charge < -0.3 is 10.1 Å². The first kappa shape index (κ1) is 15.8. The van der Waals surface area contributed by atoms with Crippen LogP contribution in [0.3, 0.4) is 0 Å². The number of benzene rings is 2. The molecule has 5 nitrogen and oxygen atoms in total. The molecule has 0 radical (unpaired) electrons. The molecule has 25 heavy (non-hydrogen) atoms. The van der Waals surface area contributed by atoms with Gasteiger partial charge in [-0.3, -0.25) is 14.9 Å². The van der Waals surface area contributed by atoms with Crippen molar-refractivity contribution >= 4 is 17.6 Å². The average Bonchev–Trinajstić information content (AvgIpc) is 3.11. The van der Waals surface area contributed by atoms with Crippen LogP contribution < -0.4 is 10.6 Å². The van der Waals surface area contributed by atoms with Gasteiger partial charge in [-0.1, -0.05) is 55.5 Å². The van der Waals surface area contributed by atoms with E-state index in [4.69, 9.17) is 4.74 Å². The van der Waals surface area contributed by atoms with E-state index >= 15 is 0 Å². The van der Waals surface area contributed by atoms with Gasteiger partial charge in [-0.15, -0.1) is 0 Å². The molecule has 0 unspecified atom stereocenters. The Bertz CT molecular complexity index is 836. The molecule has 1 saturated heterocycles. The molecule has 4 atom stereocenters. The van der Waals surface area contributed by atoms with Crippen molar-refractivity contribution < 1.29 is 14.3 Å². The lowest BCUT2D eigenvalue weighted by Gasteiger charge is -2.28.